The van der Waals surface area contributed by atoms with Gasteiger partial charge in [-0.25, -0.2) is 0 Å². The number of nitrogens with zero attached hydrogens (tertiary/aromatic N) is 1. The zero-order valence-corrected chi connectivity index (χ0v) is 49.5. The van der Waals surface area contributed by atoms with Crippen molar-refractivity contribution in [2.45, 2.75) is 190 Å². The van der Waals surface area contributed by atoms with Gasteiger partial charge in [0.05, 0.1) is 18.9 Å². The first-order valence-electron chi connectivity index (χ1n) is 32.2. The molecule has 10 aliphatic rings. The van der Waals surface area contributed by atoms with Crippen molar-refractivity contribution < 1.29 is 44.2 Å². The number of carbonyl (C=O) groups is 1. The summed E-state index contributed by atoms with van der Waals surface area (Å²) >= 11 is 0. The van der Waals surface area contributed by atoms with Crippen molar-refractivity contribution >= 4 is 17.4 Å². The molecule has 2 aromatic carbocycles. The van der Waals surface area contributed by atoms with Gasteiger partial charge in [-0.1, -0.05) is 63.0 Å². The van der Waals surface area contributed by atoms with Crippen molar-refractivity contribution in [3.8, 4) is 47.0 Å². The fourth-order valence-corrected chi connectivity index (χ4v) is 20.3. The lowest BCUT2D eigenvalue weighted by atomic mass is 9.42. The smallest absolute Gasteiger partial charge is 0.207 e. The first-order chi connectivity index (χ1) is 39.8. The van der Waals surface area contributed by atoms with Crippen LogP contribution in [-0.4, -0.2) is 90.6 Å². The molecule has 1 saturated heterocycles. The number of aliphatic imine (C=N–C) groups is 1. The number of hydrogen-bond acceptors (Lipinski definition) is 11. The van der Waals surface area contributed by atoms with Crippen LogP contribution in [0.15, 0.2) is 47.5 Å². The molecule has 82 heavy (non-hydrogen) atoms. The highest BCUT2D eigenvalue weighted by atomic mass is 16.6. The predicted molar refractivity (Wildman–Crippen MR) is 318 cm³/mol. The summed E-state index contributed by atoms with van der Waals surface area (Å²) in [5.41, 5.74) is 1.15. The molecule has 0 aromatic heterocycles. The quantitative estimate of drug-likeness (QED) is 0.100. The fraction of sp³-hybridized carbons (Fsp3) is 0.710. The molecule has 16 atom stereocenters. The number of benzene rings is 2. The number of fused-ring (bicyclic) bond motifs is 11. The number of rotatable bonds is 12. The highest BCUT2D eigenvalue weighted by molar-refractivity contribution is 5.97. The molecule has 7 aliphatic carbocycles. The Balaban J connectivity index is 1.03. The second-order valence-electron chi connectivity index (χ2n) is 27.8. The number of aliphatic hydroxyl groups is 3. The molecule has 0 radical (unpaired) electrons. The van der Waals surface area contributed by atoms with Crippen molar-refractivity contribution in [3.63, 3.8) is 0 Å². The largest absolute Gasteiger partial charge is 0.504 e. The molecule has 3 aliphatic heterocycles. The normalized spacial score (nSPS) is 39.3. The van der Waals surface area contributed by atoms with E-state index in [1.54, 1.807) is 20.2 Å². The van der Waals surface area contributed by atoms with Crippen molar-refractivity contribution in [2.75, 3.05) is 46.3 Å². The fourth-order valence-electron chi connectivity index (χ4n) is 20.3. The second-order valence-corrected chi connectivity index (χ2v) is 27.8. The Hall–Kier alpha value is -4.76. The van der Waals surface area contributed by atoms with E-state index in [-0.39, 0.29) is 71.8 Å². The minimum absolute atomic E-state index is 0.00152. The van der Waals surface area contributed by atoms with Crippen LogP contribution in [0.2, 0.25) is 0 Å². The van der Waals surface area contributed by atoms with Gasteiger partial charge >= 0.3 is 0 Å². The first kappa shape index (κ1) is 57.7. The summed E-state index contributed by atoms with van der Waals surface area (Å²) in [5, 5.41) is 55.0. The third-order valence-corrected chi connectivity index (χ3v) is 23.8. The summed E-state index contributed by atoms with van der Waals surface area (Å²) in [6.07, 6.45) is 30.3. The van der Waals surface area contributed by atoms with Crippen LogP contribution in [0.1, 0.15) is 172 Å². The number of methoxy groups -OCH3 is 1. The Morgan fingerprint density at radius 3 is 2.57 bits per heavy atom. The zero-order chi connectivity index (χ0) is 56.9. The summed E-state index contributed by atoms with van der Waals surface area (Å²) in [4.78, 5) is 20.9. The number of ether oxygens (including phenoxy) is 4. The third kappa shape index (κ3) is 10.3. The molecule has 444 valence electrons. The van der Waals surface area contributed by atoms with Crippen molar-refractivity contribution in [1.29, 1.82) is 0 Å². The molecule has 8 fully saturated rings. The van der Waals surface area contributed by atoms with Gasteiger partial charge in [0.2, 0.25) is 11.7 Å². The highest BCUT2D eigenvalue weighted by Crippen LogP contribution is 2.74. The number of hydrogen-bond donors (Lipinski definition) is 7. The van der Waals surface area contributed by atoms with Gasteiger partial charge in [0.1, 0.15) is 11.7 Å². The topological polar surface area (TPSA) is 183 Å². The molecule has 4 bridgehead atoms. The monoisotopic (exact) mass is 1120 g/mol. The maximum atomic E-state index is 16.1. The van der Waals surface area contributed by atoms with E-state index in [0.29, 0.717) is 104 Å². The SMILES string of the molecule is CCC1CCC2C(C1)C1C=CC(=O)C3(Cc4ccc(O)c(OC)c4)CCCC3CC#CNC(=NC)Nc3cc(cc4c3OC#CCC3CC(CNC)(CC3CC3(O)CCC5CCC(CO)C5O3)O4)C13CCC1(CCCC1)C3C2CCCO. The van der Waals surface area contributed by atoms with Gasteiger partial charge in [-0.05, 0) is 216 Å². The number of aromatic hydroxyl groups is 1. The maximum Gasteiger partial charge on any atom is 0.207 e. The highest BCUT2D eigenvalue weighted by Gasteiger charge is 2.68. The number of nitrogens with one attached hydrogen (secondary N) is 3. The Labute approximate surface area is 488 Å². The number of guanidine groups is 1. The zero-order valence-electron chi connectivity index (χ0n) is 49.5. The van der Waals surface area contributed by atoms with E-state index in [2.05, 4.69) is 71.2 Å². The molecular formula is C69H94N4O9. The summed E-state index contributed by atoms with van der Waals surface area (Å²) < 4.78 is 27.0. The lowest BCUT2D eigenvalue weighted by Gasteiger charge is -2.62. The minimum Gasteiger partial charge on any atom is -0.504 e. The number of phenolic OH excluding ortho intramolecular Hbond substituents is 1. The Morgan fingerprint density at radius 2 is 1.78 bits per heavy atom. The van der Waals surface area contributed by atoms with Crippen LogP contribution in [-0.2, 0) is 21.4 Å². The van der Waals surface area contributed by atoms with E-state index in [9.17, 15) is 20.4 Å². The molecule has 3 heterocycles. The Kier molecular flexibility index (Phi) is 16.6. The molecule has 2 spiro atoms. The molecule has 7 saturated carbocycles. The number of ketones is 1. The summed E-state index contributed by atoms with van der Waals surface area (Å²) in [6, 6.07) is 13.5. The van der Waals surface area contributed by atoms with Gasteiger partial charge in [-0.3, -0.25) is 15.1 Å². The van der Waals surface area contributed by atoms with Gasteiger partial charge in [0.25, 0.3) is 0 Å². The number of likely N-dealkylation sites (N-methyl/N-ethyl adjacent to an activating group) is 1. The van der Waals surface area contributed by atoms with Crippen LogP contribution in [0.3, 0.4) is 0 Å². The average Bonchev–Trinajstić information content (AvgIpc) is 2.12. The van der Waals surface area contributed by atoms with E-state index in [0.717, 1.165) is 89.0 Å². The molecule has 2 aromatic rings. The van der Waals surface area contributed by atoms with Crippen LogP contribution in [0.4, 0.5) is 5.69 Å². The van der Waals surface area contributed by atoms with E-state index >= 15 is 4.79 Å². The Bertz CT molecular complexity index is 2850. The molecule has 16 unspecified atom stereocenters. The van der Waals surface area contributed by atoms with Crippen LogP contribution in [0.5, 0.6) is 23.0 Å². The lowest BCUT2D eigenvalue weighted by molar-refractivity contribution is -0.280. The number of allylic oxidation sites excluding steroid dienone is 2. The number of aliphatic hydroxyl groups excluding tert-OH is 2. The van der Waals surface area contributed by atoms with Gasteiger partial charge < -0.3 is 50.0 Å². The molecular weight excluding hydrogens is 1030 g/mol. The number of anilines is 1. The van der Waals surface area contributed by atoms with Crippen molar-refractivity contribution in [2.24, 2.45) is 80.9 Å². The first-order valence-corrected chi connectivity index (χ1v) is 32.2. The van der Waals surface area contributed by atoms with Gasteiger partial charge in [0, 0.05) is 75.3 Å². The lowest BCUT2D eigenvalue weighted by Crippen LogP contribution is -2.58. The maximum absolute atomic E-state index is 16.1. The third-order valence-electron chi connectivity index (χ3n) is 23.8. The van der Waals surface area contributed by atoms with Crippen LogP contribution < -0.4 is 30.2 Å². The van der Waals surface area contributed by atoms with E-state index in [1.807, 2.05) is 19.2 Å². The standard InChI is InChI=1S/C69H94N4O9/c1-5-44-16-20-52-53(15-10-32-74)63-65(25-6-7-26-65)29-30-69(63)51-36-56(62-59(37-51)81-66(43-70-2)39-47(12-11-33-80-62)49(40-66)41-68(78)28-24-46-18-19-48(42-75)61(46)82-68)73-64(71-3)72-31-9-14-50-13-8-27-67(50,60(77)23-21-55(69)54(52)34-44)38-45-17-22-57(76)58(35-45)79-4/h17,21-23,35-37,44,46-50,52-55,61,63,70,74-76,78H,5-8,10,12-16,18-20,24-30,32,34,38-43H2,1-4H3,(H2,71,72,73). The number of phenols is 1. The molecule has 7 N–H and O–H groups in total. The molecule has 13 nitrogen and oxygen atoms in total. The second kappa shape index (κ2) is 23.6. The minimum atomic E-state index is -1.30. The molecule has 0 amide bonds. The van der Waals surface area contributed by atoms with Gasteiger partial charge in [-0.2, -0.15) is 0 Å². The van der Waals surface area contributed by atoms with E-state index in [1.165, 1.54) is 44.1 Å². The summed E-state index contributed by atoms with van der Waals surface area (Å²) in [7, 11) is 5.34. The van der Waals surface area contributed by atoms with Crippen molar-refractivity contribution in [1.82, 2.24) is 10.6 Å². The molecule has 13 heteroatoms. The van der Waals surface area contributed by atoms with Gasteiger partial charge in [0.15, 0.2) is 28.8 Å². The number of carbonyl (C=O) groups excluding carboxylic acids is 1. The molecule has 12 rings (SSSR count). The van der Waals surface area contributed by atoms with Gasteiger partial charge in [-0.15, -0.1) is 0 Å². The van der Waals surface area contributed by atoms with Crippen LogP contribution in [0.25, 0.3) is 0 Å². The van der Waals surface area contributed by atoms with Crippen LogP contribution in [0, 0.1) is 99.9 Å². The van der Waals surface area contributed by atoms with E-state index < -0.39 is 22.2 Å². The van der Waals surface area contributed by atoms with E-state index in [4.69, 9.17) is 23.9 Å². The Morgan fingerprint density at radius 1 is 0.915 bits per heavy atom. The average molecular weight is 1120 g/mol. The van der Waals surface area contributed by atoms with Crippen molar-refractivity contribution in [3.05, 3.63) is 53.6 Å². The predicted octanol–water partition coefficient (Wildman–Crippen LogP) is 11.0. The summed E-state index contributed by atoms with van der Waals surface area (Å²) in [6.45, 7) is 3.18. The summed E-state index contributed by atoms with van der Waals surface area (Å²) in [5.74, 6) is 10.5. The van der Waals surface area contributed by atoms with Crippen LogP contribution >= 0.6 is 0 Å².